The highest BCUT2D eigenvalue weighted by atomic mass is 79.9. The Morgan fingerprint density at radius 2 is 1.50 bits per heavy atom. The first-order chi connectivity index (χ1) is 7.68. The number of hydrogen-bond acceptors (Lipinski definition) is 4. The average Bonchev–Trinajstić information content (AvgIpc) is 2.24. The molecule has 0 aromatic heterocycles. The predicted molar refractivity (Wildman–Crippen MR) is 69.1 cm³/mol. The Morgan fingerprint density at radius 1 is 0.938 bits per heavy atom. The fraction of sp³-hybridized carbons (Fsp3) is 1.00. The van der Waals surface area contributed by atoms with Crippen LogP contribution in [0.1, 0.15) is 39.5 Å². The van der Waals surface area contributed by atoms with Crippen molar-refractivity contribution in [3.8, 4) is 0 Å². The Labute approximate surface area is 107 Å². The van der Waals surface area contributed by atoms with Gasteiger partial charge in [-0.3, -0.25) is 13.6 Å². The predicted octanol–water partition coefficient (Wildman–Crippen LogP) is 4.14. The van der Waals surface area contributed by atoms with Crippen LogP contribution in [-0.2, 0) is 18.1 Å². The highest BCUT2D eigenvalue weighted by Gasteiger charge is 2.24. The maximum absolute atomic E-state index is 11.8. The number of phosphoric ester groups is 1. The van der Waals surface area contributed by atoms with E-state index in [9.17, 15) is 4.57 Å². The summed E-state index contributed by atoms with van der Waals surface area (Å²) in [5.74, 6) is 0. The Balaban J connectivity index is 3.64. The quantitative estimate of drug-likeness (QED) is 0.326. The maximum Gasteiger partial charge on any atom is 0.474 e. The van der Waals surface area contributed by atoms with E-state index in [2.05, 4.69) is 15.9 Å². The lowest BCUT2D eigenvalue weighted by Crippen LogP contribution is -2.01. The molecule has 0 heterocycles. The molecule has 0 rings (SSSR count). The van der Waals surface area contributed by atoms with E-state index >= 15 is 0 Å². The Kier molecular flexibility index (Phi) is 11.1. The second-order valence-corrected chi connectivity index (χ2v) is 5.68. The zero-order valence-corrected chi connectivity index (χ0v) is 12.6. The van der Waals surface area contributed by atoms with E-state index in [-0.39, 0.29) is 0 Å². The Hall–Kier alpha value is 0.590. The van der Waals surface area contributed by atoms with Gasteiger partial charge >= 0.3 is 7.82 Å². The third-order valence-corrected chi connectivity index (χ3v) is 4.06. The second-order valence-electron chi connectivity index (χ2n) is 3.22. The lowest BCUT2D eigenvalue weighted by molar-refractivity contribution is 0.120. The standard InChI is InChI=1S/C10H22BrO4P/c1-3-13-16(12,14-4-2)15-10-8-6-5-7-9-11/h3-10H2,1-2H3. The Bertz CT molecular complexity index is 191. The van der Waals surface area contributed by atoms with Crippen LogP contribution in [0.2, 0.25) is 0 Å². The average molecular weight is 317 g/mol. The number of phosphoric acid groups is 1. The minimum Gasteiger partial charge on any atom is -0.287 e. The molecule has 0 amide bonds. The van der Waals surface area contributed by atoms with Crippen molar-refractivity contribution in [1.82, 2.24) is 0 Å². The van der Waals surface area contributed by atoms with Crippen molar-refractivity contribution < 1.29 is 18.1 Å². The van der Waals surface area contributed by atoms with Gasteiger partial charge in [0.25, 0.3) is 0 Å². The summed E-state index contributed by atoms with van der Waals surface area (Å²) in [6, 6.07) is 0. The van der Waals surface area contributed by atoms with Crippen LogP contribution in [-0.4, -0.2) is 25.2 Å². The molecule has 0 aromatic carbocycles. The van der Waals surface area contributed by atoms with E-state index in [4.69, 9.17) is 13.6 Å². The van der Waals surface area contributed by atoms with E-state index in [1.54, 1.807) is 13.8 Å². The summed E-state index contributed by atoms with van der Waals surface area (Å²) in [6.45, 7) is 4.64. The van der Waals surface area contributed by atoms with Gasteiger partial charge in [-0.15, -0.1) is 0 Å². The molecule has 4 nitrogen and oxygen atoms in total. The fourth-order valence-corrected chi connectivity index (χ4v) is 2.76. The molecule has 0 aromatic rings. The molecule has 0 saturated heterocycles. The van der Waals surface area contributed by atoms with Crippen LogP contribution in [0.5, 0.6) is 0 Å². The van der Waals surface area contributed by atoms with Gasteiger partial charge in [0.15, 0.2) is 0 Å². The van der Waals surface area contributed by atoms with E-state index in [1.807, 2.05) is 0 Å². The number of unbranched alkanes of at least 4 members (excludes halogenated alkanes) is 3. The van der Waals surface area contributed by atoms with Crippen LogP contribution in [0.25, 0.3) is 0 Å². The summed E-state index contributed by atoms with van der Waals surface area (Å²) in [7, 11) is -3.28. The van der Waals surface area contributed by atoms with Gasteiger partial charge in [-0.1, -0.05) is 28.8 Å². The molecular weight excluding hydrogens is 295 g/mol. The van der Waals surface area contributed by atoms with Crippen LogP contribution in [0.4, 0.5) is 0 Å². The van der Waals surface area contributed by atoms with Crippen molar-refractivity contribution in [1.29, 1.82) is 0 Å². The van der Waals surface area contributed by atoms with Crippen molar-refractivity contribution in [2.24, 2.45) is 0 Å². The molecule has 0 aliphatic heterocycles. The largest absolute Gasteiger partial charge is 0.474 e. The minimum atomic E-state index is -3.28. The number of hydrogen-bond donors (Lipinski definition) is 0. The van der Waals surface area contributed by atoms with Crippen molar-refractivity contribution in [2.75, 3.05) is 25.2 Å². The minimum absolute atomic E-state index is 0.334. The first kappa shape index (κ1) is 16.6. The first-order valence-electron chi connectivity index (χ1n) is 5.78. The molecule has 98 valence electrons. The summed E-state index contributed by atoms with van der Waals surface area (Å²) in [5.41, 5.74) is 0. The topological polar surface area (TPSA) is 44.8 Å². The van der Waals surface area contributed by atoms with E-state index in [1.165, 1.54) is 0 Å². The molecule has 0 spiro atoms. The molecule has 0 fully saturated rings. The first-order valence-corrected chi connectivity index (χ1v) is 8.36. The molecule has 0 aliphatic rings. The summed E-state index contributed by atoms with van der Waals surface area (Å²) < 4.78 is 27.0. The Morgan fingerprint density at radius 3 is 2.00 bits per heavy atom. The van der Waals surface area contributed by atoms with E-state index in [0.29, 0.717) is 19.8 Å². The molecule has 0 saturated carbocycles. The smallest absolute Gasteiger partial charge is 0.287 e. The zero-order valence-electron chi connectivity index (χ0n) is 10.1. The van der Waals surface area contributed by atoms with Crippen LogP contribution in [0.15, 0.2) is 0 Å². The van der Waals surface area contributed by atoms with Crippen LogP contribution in [0.3, 0.4) is 0 Å². The number of halogens is 1. The normalized spacial score (nSPS) is 11.9. The molecular formula is C10H22BrO4P. The van der Waals surface area contributed by atoms with Crippen LogP contribution in [0, 0.1) is 0 Å². The SMILES string of the molecule is CCOP(=O)(OCC)OCCCCCCBr. The van der Waals surface area contributed by atoms with Crippen molar-refractivity contribution in [3.63, 3.8) is 0 Å². The van der Waals surface area contributed by atoms with Gasteiger partial charge in [-0.25, -0.2) is 4.57 Å². The lowest BCUT2D eigenvalue weighted by atomic mass is 10.2. The van der Waals surface area contributed by atoms with Crippen molar-refractivity contribution in [3.05, 3.63) is 0 Å². The summed E-state index contributed by atoms with van der Waals surface area (Å²) >= 11 is 3.38. The van der Waals surface area contributed by atoms with E-state index in [0.717, 1.165) is 31.0 Å². The van der Waals surface area contributed by atoms with Gasteiger partial charge in [0, 0.05) is 5.33 Å². The van der Waals surface area contributed by atoms with Gasteiger partial charge in [0.05, 0.1) is 19.8 Å². The molecule has 6 heteroatoms. The third-order valence-electron chi connectivity index (χ3n) is 1.85. The highest BCUT2D eigenvalue weighted by molar-refractivity contribution is 9.09. The monoisotopic (exact) mass is 316 g/mol. The molecule has 0 unspecified atom stereocenters. The van der Waals surface area contributed by atoms with Crippen molar-refractivity contribution in [2.45, 2.75) is 39.5 Å². The molecule has 16 heavy (non-hydrogen) atoms. The van der Waals surface area contributed by atoms with Gasteiger partial charge < -0.3 is 0 Å². The number of alkyl halides is 1. The molecule has 0 radical (unpaired) electrons. The van der Waals surface area contributed by atoms with Gasteiger partial charge in [-0.05, 0) is 26.7 Å². The second kappa shape index (κ2) is 10.7. The lowest BCUT2D eigenvalue weighted by Gasteiger charge is -2.16. The van der Waals surface area contributed by atoms with Gasteiger partial charge in [0.2, 0.25) is 0 Å². The van der Waals surface area contributed by atoms with E-state index < -0.39 is 7.82 Å². The molecule has 0 aliphatic carbocycles. The molecule has 0 atom stereocenters. The van der Waals surface area contributed by atoms with Crippen LogP contribution < -0.4 is 0 Å². The fourth-order valence-electron chi connectivity index (χ4n) is 1.15. The third kappa shape index (κ3) is 8.71. The summed E-state index contributed by atoms with van der Waals surface area (Å²) in [4.78, 5) is 0. The number of rotatable bonds is 11. The highest BCUT2D eigenvalue weighted by Crippen LogP contribution is 2.49. The maximum atomic E-state index is 11.8. The van der Waals surface area contributed by atoms with Gasteiger partial charge in [0.1, 0.15) is 0 Å². The summed E-state index contributed by atoms with van der Waals surface area (Å²) in [5, 5.41) is 1.03. The molecule has 0 N–H and O–H groups in total. The van der Waals surface area contributed by atoms with Crippen molar-refractivity contribution >= 4 is 23.8 Å². The zero-order chi connectivity index (χ0) is 12.3. The van der Waals surface area contributed by atoms with Crippen LogP contribution >= 0.6 is 23.8 Å². The summed E-state index contributed by atoms with van der Waals surface area (Å²) in [6.07, 6.45) is 4.28. The van der Waals surface area contributed by atoms with Gasteiger partial charge in [-0.2, -0.15) is 0 Å². The molecule has 0 bridgehead atoms.